The van der Waals surface area contributed by atoms with E-state index in [1.165, 1.54) is 30.5 Å². The van der Waals surface area contributed by atoms with Crippen LogP contribution in [0.3, 0.4) is 0 Å². The number of hydrogen-bond donors (Lipinski definition) is 0. The Hall–Kier alpha value is -1.39. The fourth-order valence-electron chi connectivity index (χ4n) is 4.21. The molecule has 126 valence electrons. The van der Waals surface area contributed by atoms with E-state index in [0.29, 0.717) is 5.41 Å². The Balaban J connectivity index is 1.61. The summed E-state index contributed by atoms with van der Waals surface area (Å²) in [4.78, 5) is 16.6. The predicted molar refractivity (Wildman–Crippen MR) is 91.2 cm³/mol. The summed E-state index contributed by atoms with van der Waals surface area (Å²) in [5.74, 6) is 0.139. The molecule has 2 heterocycles. The molecule has 1 aromatic rings. The molecule has 2 saturated heterocycles. The van der Waals surface area contributed by atoms with Crippen LogP contribution in [0.4, 0.5) is 0 Å². The molecular weight excluding hydrogens is 288 g/mol. The van der Waals surface area contributed by atoms with Crippen LogP contribution in [0.5, 0.6) is 0 Å². The number of likely N-dealkylation sites (tertiary alicyclic amines) is 2. The largest absolute Gasteiger partial charge is 0.375 e. The molecule has 4 nitrogen and oxygen atoms in total. The minimum atomic E-state index is 0.139. The number of aryl methyl sites for hydroxylation is 1. The highest BCUT2D eigenvalue weighted by Gasteiger charge is 2.42. The molecule has 2 aliphatic rings. The monoisotopic (exact) mass is 316 g/mol. The first-order valence-corrected chi connectivity index (χ1v) is 8.65. The van der Waals surface area contributed by atoms with Gasteiger partial charge in [0.1, 0.15) is 6.61 Å². The van der Waals surface area contributed by atoms with Crippen LogP contribution in [0.15, 0.2) is 24.3 Å². The van der Waals surface area contributed by atoms with Gasteiger partial charge in [0.15, 0.2) is 0 Å². The SMILES string of the molecule is COCC(=O)N1CCC2(CCCN(Cc3cccc(C)c3)C2)C1. The number of piperidine rings is 1. The van der Waals surface area contributed by atoms with Crippen molar-refractivity contribution in [2.75, 3.05) is 39.9 Å². The summed E-state index contributed by atoms with van der Waals surface area (Å²) in [7, 11) is 1.59. The Bertz CT molecular complexity index is 560. The maximum absolute atomic E-state index is 12.1. The third-order valence-corrected chi connectivity index (χ3v) is 5.29. The molecule has 1 amide bonds. The average molecular weight is 316 g/mol. The fraction of sp³-hybridized carbons (Fsp3) is 0.632. The number of methoxy groups -OCH3 is 1. The van der Waals surface area contributed by atoms with Gasteiger partial charge in [-0.15, -0.1) is 0 Å². The molecule has 2 aliphatic heterocycles. The number of nitrogens with zero attached hydrogens (tertiary/aromatic N) is 2. The van der Waals surface area contributed by atoms with Crippen molar-refractivity contribution < 1.29 is 9.53 Å². The Morgan fingerprint density at radius 3 is 2.91 bits per heavy atom. The summed E-state index contributed by atoms with van der Waals surface area (Å²) >= 11 is 0. The van der Waals surface area contributed by atoms with Gasteiger partial charge < -0.3 is 9.64 Å². The van der Waals surface area contributed by atoms with Crippen LogP contribution >= 0.6 is 0 Å². The lowest BCUT2D eigenvalue weighted by Gasteiger charge is -2.40. The van der Waals surface area contributed by atoms with Crippen molar-refractivity contribution in [2.24, 2.45) is 5.41 Å². The van der Waals surface area contributed by atoms with Crippen molar-refractivity contribution in [3.05, 3.63) is 35.4 Å². The molecule has 1 atom stereocenters. The number of amides is 1. The summed E-state index contributed by atoms with van der Waals surface area (Å²) in [6, 6.07) is 8.80. The van der Waals surface area contributed by atoms with Gasteiger partial charge in [-0.2, -0.15) is 0 Å². The maximum Gasteiger partial charge on any atom is 0.248 e. The standard InChI is InChI=1S/C19H28N2O2/c1-16-5-3-6-17(11-16)12-20-9-4-7-19(14-20)8-10-21(15-19)18(22)13-23-2/h3,5-6,11H,4,7-10,12-15H2,1-2H3. The Morgan fingerprint density at radius 2 is 2.13 bits per heavy atom. The third-order valence-electron chi connectivity index (χ3n) is 5.29. The molecule has 1 spiro atoms. The molecule has 0 aliphatic carbocycles. The Morgan fingerprint density at radius 1 is 1.26 bits per heavy atom. The number of carbonyl (C=O) groups is 1. The summed E-state index contributed by atoms with van der Waals surface area (Å²) < 4.78 is 5.00. The second-order valence-electron chi connectivity index (χ2n) is 7.30. The van der Waals surface area contributed by atoms with Crippen LogP contribution in [-0.4, -0.2) is 55.6 Å². The quantitative estimate of drug-likeness (QED) is 0.855. The van der Waals surface area contributed by atoms with Crippen molar-refractivity contribution in [2.45, 2.75) is 32.7 Å². The minimum absolute atomic E-state index is 0.139. The molecule has 2 fully saturated rings. The van der Waals surface area contributed by atoms with Crippen LogP contribution in [0.25, 0.3) is 0 Å². The van der Waals surface area contributed by atoms with E-state index in [1.54, 1.807) is 7.11 Å². The average Bonchev–Trinajstić information content (AvgIpc) is 2.91. The van der Waals surface area contributed by atoms with Gasteiger partial charge in [-0.1, -0.05) is 29.8 Å². The molecule has 0 bridgehead atoms. The van der Waals surface area contributed by atoms with Crippen LogP contribution in [0.2, 0.25) is 0 Å². The third kappa shape index (κ3) is 3.93. The number of ether oxygens (including phenoxy) is 1. The zero-order valence-electron chi connectivity index (χ0n) is 14.4. The smallest absolute Gasteiger partial charge is 0.248 e. The summed E-state index contributed by atoms with van der Waals surface area (Å²) in [6.45, 7) is 7.45. The predicted octanol–water partition coefficient (Wildman–Crippen LogP) is 2.46. The summed E-state index contributed by atoms with van der Waals surface area (Å²) in [5, 5.41) is 0. The Labute approximate surface area is 139 Å². The van der Waals surface area contributed by atoms with Crippen molar-refractivity contribution in [3.63, 3.8) is 0 Å². The maximum atomic E-state index is 12.1. The van der Waals surface area contributed by atoms with Gasteiger partial charge in [0.25, 0.3) is 0 Å². The van der Waals surface area contributed by atoms with E-state index in [2.05, 4.69) is 36.1 Å². The molecular formula is C19H28N2O2. The summed E-state index contributed by atoms with van der Waals surface area (Å²) in [5.41, 5.74) is 3.02. The molecule has 0 radical (unpaired) electrons. The highest BCUT2D eigenvalue weighted by molar-refractivity contribution is 5.77. The molecule has 3 rings (SSSR count). The van der Waals surface area contributed by atoms with E-state index in [1.807, 2.05) is 4.90 Å². The first-order valence-electron chi connectivity index (χ1n) is 8.65. The molecule has 4 heteroatoms. The van der Waals surface area contributed by atoms with Crippen molar-refractivity contribution >= 4 is 5.91 Å². The van der Waals surface area contributed by atoms with Crippen LogP contribution in [-0.2, 0) is 16.1 Å². The van der Waals surface area contributed by atoms with Gasteiger partial charge >= 0.3 is 0 Å². The highest BCUT2D eigenvalue weighted by Crippen LogP contribution is 2.39. The first kappa shape index (κ1) is 16.5. The molecule has 1 aromatic carbocycles. The zero-order valence-corrected chi connectivity index (χ0v) is 14.4. The van der Waals surface area contributed by atoms with E-state index in [-0.39, 0.29) is 12.5 Å². The van der Waals surface area contributed by atoms with E-state index < -0.39 is 0 Å². The van der Waals surface area contributed by atoms with Gasteiger partial charge in [0.05, 0.1) is 0 Å². The molecule has 0 aromatic heterocycles. The Kier molecular flexibility index (Phi) is 5.02. The molecule has 23 heavy (non-hydrogen) atoms. The highest BCUT2D eigenvalue weighted by atomic mass is 16.5. The number of rotatable bonds is 4. The second kappa shape index (κ2) is 7.02. The lowest BCUT2D eigenvalue weighted by atomic mass is 9.79. The normalized spacial score (nSPS) is 25.2. The summed E-state index contributed by atoms with van der Waals surface area (Å²) in [6.07, 6.45) is 3.61. The van der Waals surface area contributed by atoms with Crippen LogP contribution < -0.4 is 0 Å². The lowest BCUT2D eigenvalue weighted by molar-refractivity contribution is -0.134. The van der Waals surface area contributed by atoms with Crippen molar-refractivity contribution in [1.82, 2.24) is 9.80 Å². The van der Waals surface area contributed by atoms with Gasteiger partial charge in [0, 0.05) is 38.7 Å². The lowest BCUT2D eigenvalue weighted by Crippen LogP contribution is -2.45. The van der Waals surface area contributed by atoms with E-state index in [0.717, 1.165) is 32.6 Å². The van der Waals surface area contributed by atoms with Gasteiger partial charge in [0.2, 0.25) is 5.91 Å². The number of carbonyl (C=O) groups excluding carboxylic acids is 1. The van der Waals surface area contributed by atoms with Gasteiger partial charge in [-0.05, 0) is 38.3 Å². The van der Waals surface area contributed by atoms with Crippen molar-refractivity contribution in [3.8, 4) is 0 Å². The molecule has 0 N–H and O–H groups in total. The number of benzene rings is 1. The molecule has 1 unspecified atom stereocenters. The first-order chi connectivity index (χ1) is 11.1. The molecule has 0 saturated carbocycles. The van der Waals surface area contributed by atoms with Gasteiger partial charge in [-0.3, -0.25) is 9.69 Å². The van der Waals surface area contributed by atoms with E-state index in [4.69, 9.17) is 4.74 Å². The van der Waals surface area contributed by atoms with Gasteiger partial charge in [-0.25, -0.2) is 0 Å². The van der Waals surface area contributed by atoms with Crippen LogP contribution in [0.1, 0.15) is 30.4 Å². The van der Waals surface area contributed by atoms with Crippen molar-refractivity contribution in [1.29, 1.82) is 0 Å². The second-order valence-corrected chi connectivity index (χ2v) is 7.30. The van der Waals surface area contributed by atoms with E-state index in [9.17, 15) is 4.79 Å². The number of hydrogen-bond acceptors (Lipinski definition) is 3. The minimum Gasteiger partial charge on any atom is -0.375 e. The zero-order chi connectivity index (χ0) is 16.3. The van der Waals surface area contributed by atoms with Crippen LogP contribution in [0, 0.1) is 12.3 Å². The topological polar surface area (TPSA) is 32.8 Å². The fourth-order valence-corrected chi connectivity index (χ4v) is 4.21. The van der Waals surface area contributed by atoms with E-state index >= 15 is 0 Å².